The Morgan fingerprint density at radius 3 is 2.69 bits per heavy atom. The van der Waals surface area contributed by atoms with Crippen LogP contribution in [0.5, 0.6) is 0 Å². The maximum Gasteiger partial charge on any atom is 0.0342 e. The minimum Gasteiger partial charge on any atom is -0.370 e. The molecule has 0 bridgehead atoms. The van der Waals surface area contributed by atoms with Crippen LogP contribution in [-0.2, 0) is 0 Å². The molecule has 1 atom stereocenters. The summed E-state index contributed by atoms with van der Waals surface area (Å²) in [5, 5.41) is 0. The van der Waals surface area contributed by atoms with Crippen LogP contribution < -0.4 is 0 Å². The summed E-state index contributed by atoms with van der Waals surface area (Å²) in [7, 11) is 2.78. The van der Waals surface area contributed by atoms with E-state index in [-0.39, 0.29) is 0 Å². The zero-order valence-corrected chi connectivity index (χ0v) is 10.1. The van der Waals surface area contributed by atoms with Crippen molar-refractivity contribution in [2.24, 2.45) is 0 Å². The van der Waals surface area contributed by atoms with Crippen molar-refractivity contribution >= 4 is 9.24 Å². The Morgan fingerprint density at radius 1 is 1.46 bits per heavy atom. The van der Waals surface area contributed by atoms with E-state index >= 15 is 0 Å². The lowest BCUT2D eigenvalue weighted by Gasteiger charge is -2.45. The van der Waals surface area contributed by atoms with E-state index in [4.69, 9.17) is 0 Å². The average Bonchev–Trinajstić information content (AvgIpc) is 2.03. The maximum atomic E-state index is 4.18. The number of nitrogens with zero attached hydrogens (tertiary/aromatic N) is 1. The Kier molecular flexibility index (Phi) is 3.79. The molecule has 2 heteroatoms. The Balaban J connectivity index is 2.59. The van der Waals surface area contributed by atoms with Gasteiger partial charge in [-0.05, 0) is 45.7 Å². The van der Waals surface area contributed by atoms with Gasteiger partial charge in [-0.1, -0.05) is 6.58 Å². The molecule has 0 spiro atoms. The highest BCUT2D eigenvalue weighted by Crippen LogP contribution is 2.31. The van der Waals surface area contributed by atoms with Crippen LogP contribution in [0.25, 0.3) is 0 Å². The molecule has 1 heterocycles. The zero-order valence-electron chi connectivity index (χ0n) is 8.97. The van der Waals surface area contributed by atoms with Crippen molar-refractivity contribution in [1.29, 1.82) is 0 Å². The van der Waals surface area contributed by atoms with Crippen LogP contribution in [0.4, 0.5) is 0 Å². The topological polar surface area (TPSA) is 3.24 Å². The molecule has 1 aliphatic heterocycles. The van der Waals surface area contributed by atoms with Gasteiger partial charge in [-0.3, -0.25) is 0 Å². The molecule has 76 valence electrons. The molecule has 0 aromatic carbocycles. The minimum absolute atomic E-state index is 0.342. The van der Waals surface area contributed by atoms with E-state index in [2.05, 4.69) is 34.6 Å². The largest absolute Gasteiger partial charge is 0.370 e. The van der Waals surface area contributed by atoms with Crippen LogP contribution in [0, 0.1) is 0 Å². The summed E-state index contributed by atoms with van der Waals surface area (Å²) < 4.78 is 0. The number of hydrogen-bond donors (Lipinski definition) is 0. The number of allylic oxidation sites excluding steroid dienone is 1. The van der Waals surface area contributed by atoms with Gasteiger partial charge in [0.25, 0.3) is 0 Å². The lowest BCUT2D eigenvalue weighted by atomic mass is 9.90. The molecular formula is C11H22NP. The van der Waals surface area contributed by atoms with Crippen molar-refractivity contribution in [1.82, 2.24) is 4.90 Å². The van der Waals surface area contributed by atoms with E-state index in [0.717, 1.165) is 12.6 Å². The van der Waals surface area contributed by atoms with Gasteiger partial charge < -0.3 is 4.90 Å². The first-order chi connectivity index (χ1) is 6.08. The van der Waals surface area contributed by atoms with Gasteiger partial charge in [0, 0.05) is 17.8 Å². The van der Waals surface area contributed by atoms with E-state index in [1.807, 2.05) is 0 Å². The lowest BCUT2D eigenvalue weighted by Crippen LogP contribution is -2.46. The summed E-state index contributed by atoms with van der Waals surface area (Å²) in [6.07, 6.45) is 6.26. The van der Waals surface area contributed by atoms with Gasteiger partial charge in [-0.25, -0.2) is 0 Å². The lowest BCUT2D eigenvalue weighted by molar-refractivity contribution is 0.113. The van der Waals surface area contributed by atoms with Crippen LogP contribution in [0.1, 0.15) is 39.5 Å². The van der Waals surface area contributed by atoms with Gasteiger partial charge >= 0.3 is 0 Å². The fraction of sp³-hybridized carbons (Fsp3) is 0.818. The third-order valence-electron chi connectivity index (χ3n) is 2.97. The first-order valence-corrected chi connectivity index (χ1v) is 6.05. The van der Waals surface area contributed by atoms with Crippen LogP contribution in [0.15, 0.2) is 12.3 Å². The van der Waals surface area contributed by atoms with Crippen LogP contribution in [0.3, 0.4) is 0 Å². The highest BCUT2D eigenvalue weighted by atomic mass is 31.0. The Hall–Kier alpha value is -0.0300. The number of rotatable bonds is 3. The Labute approximate surface area is 84.8 Å². The SMILES string of the molecule is C=C(CCP)N1CCCCC1(C)C. The summed E-state index contributed by atoms with van der Waals surface area (Å²) in [6.45, 7) is 10.0. The van der Waals surface area contributed by atoms with Crippen molar-refractivity contribution < 1.29 is 0 Å². The summed E-state index contributed by atoms with van der Waals surface area (Å²) in [6, 6.07) is 0. The van der Waals surface area contributed by atoms with Crippen molar-refractivity contribution in [2.45, 2.75) is 45.1 Å². The van der Waals surface area contributed by atoms with Gasteiger partial charge in [0.15, 0.2) is 0 Å². The zero-order chi connectivity index (χ0) is 9.90. The molecule has 1 unspecified atom stereocenters. The highest BCUT2D eigenvalue weighted by molar-refractivity contribution is 7.16. The second-order valence-corrected chi connectivity index (χ2v) is 5.10. The normalized spacial score (nSPS) is 21.6. The van der Waals surface area contributed by atoms with Gasteiger partial charge in [-0.15, -0.1) is 9.24 Å². The second-order valence-electron chi connectivity index (χ2n) is 4.53. The van der Waals surface area contributed by atoms with E-state index in [0.29, 0.717) is 5.54 Å². The van der Waals surface area contributed by atoms with Gasteiger partial charge in [-0.2, -0.15) is 0 Å². The smallest absolute Gasteiger partial charge is 0.0342 e. The predicted octanol–water partition coefficient (Wildman–Crippen LogP) is 3.03. The molecule has 1 nitrogen and oxygen atoms in total. The molecule has 1 rings (SSSR count). The van der Waals surface area contributed by atoms with Gasteiger partial charge in [0.1, 0.15) is 0 Å². The third kappa shape index (κ3) is 2.71. The van der Waals surface area contributed by atoms with E-state index < -0.39 is 0 Å². The predicted molar refractivity (Wildman–Crippen MR) is 63.0 cm³/mol. The summed E-state index contributed by atoms with van der Waals surface area (Å²) in [4.78, 5) is 2.50. The van der Waals surface area contributed by atoms with Gasteiger partial charge in [0.05, 0.1) is 0 Å². The first kappa shape index (κ1) is 11.0. The molecule has 0 saturated carbocycles. The molecule has 1 fully saturated rings. The maximum absolute atomic E-state index is 4.18. The molecule has 0 aromatic heterocycles. The molecule has 0 aromatic rings. The fourth-order valence-corrected chi connectivity index (χ4v) is 2.49. The monoisotopic (exact) mass is 199 g/mol. The van der Waals surface area contributed by atoms with E-state index in [9.17, 15) is 0 Å². The highest BCUT2D eigenvalue weighted by Gasteiger charge is 2.29. The number of likely N-dealkylation sites (tertiary alicyclic amines) is 1. The third-order valence-corrected chi connectivity index (χ3v) is 3.25. The molecule has 1 aliphatic rings. The van der Waals surface area contributed by atoms with E-state index in [1.54, 1.807) is 0 Å². The summed E-state index contributed by atoms with van der Waals surface area (Å²) >= 11 is 0. The van der Waals surface area contributed by atoms with Crippen molar-refractivity contribution in [3.05, 3.63) is 12.3 Å². The van der Waals surface area contributed by atoms with Crippen LogP contribution in [-0.4, -0.2) is 23.1 Å². The van der Waals surface area contributed by atoms with Crippen LogP contribution in [0.2, 0.25) is 0 Å². The fourth-order valence-electron chi connectivity index (χ4n) is 2.15. The molecule has 1 saturated heterocycles. The van der Waals surface area contributed by atoms with Gasteiger partial charge in [0.2, 0.25) is 0 Å². The average molecular weight is 199 g/mol. The summed E-state index contributed by atoms with van der Waals surface area (Å²) in [5.74, 6) is 0. The van der Waals surface area contributed by atoms with Crippen molar-refractivity contribution in [3.63, 3.8) is 0 Å². The van der Waals surface area contributed by atoms with Crippen LogP contribution >= 0.6 is 9.24 Å². The molecule has 0 aliphatic carbocycles. The molecular weight excluding hydrogens is 177 g/mol. The molecule has 0 radical (unpaired) electrons. The molecule has 0 N–H and O–H groups in total. The quantitative estimate of drug-likeness (QED) is 0.631. The molecule has 13 heavy (non-hydrogen) atoms. The number of hydrogen-bond acceptors (Lipinski definition) is 1. The van der Waals surface area contributed by atoms with Crippen molar-refractivity contribution in [2.75, 3.05) is 12.7 Å². The Bertz CT molecular complexity index is 187. The first-order valence-electron chi connectivity index (χ1n) is 5.23. The number of piperidine rings is 1. The minimum atomic E-state index is 0.342. The molecule has 0 amide bonds. The standard InChI is InChI=1S/C11H22NP/c1-10(6-9-13)12-8-5-4-7-11(12,2)3/h1,4-9,13H2,2-3H3. The van der Waals surface area contributed by atoms with E-state index in [1.165, 1.54) is 31.5 Å². The Morgan fingerprint density at radius 2 is 2.15 bits per heavy atom. The second kappa shape index (κ2) is 4.46. The summed E-state index contributed by atoms with van der Waals surface area (Å²) in [5.41, 5.74) is 1.66. The van der Waals surface area contributed by atoms with Crippen molar-refractivity contribution in [3.8, 4) is 0 Å².